The summed E-state index contributed by atoms with van der Waals surface area (Å²) >= 11 is 0. The fourth-order valence-corrected chi connectivity index (χ4v) is 2.43. The smallest absolute Gasteiger partial charge is 0.139 e. The number of hydrogen-bond acceptors (Lipinski definition) is 1. The van der Waals surface area contributed by atoms with Crippen LogP contribution < -0.4 is 4.74 Å². The number of fused-ring (bicyclic) bond motifs is 1. The minimum Gasteiger partial charge on any atom is -0.492 e. The second-order valence-electron chi connectivity index (χ2n) is 6.03. The van der Waals surface area contributed by atoms with E-state index in [-0.39, 0.29) is 5.41 Å². The molecule has 0 atom stereocenters. The van der Waals surface area contributed by atoms with Gasteiger partial charge in [-0.2, -0.15) is 0 Å². The van der Waals surface area contributed by atoms with Crippen LogP contribution in [-0.4, -0.2) is 6.61 Å². The Balaban J connectivity index is 2.83. The van der Waals surface area contributed by atoms with Crippen LogP contribution in [0.2, 0.25) is 0 Å². The average molecular weight is 286 g/mol. The maximum Gasteiger partial charge on any atom is 0.139 e. The monoisotopic (exact) mass is 286 g/mol. The Hall–Kier alpha value is -2.74. The van der Waals surface area contributed by atoms with Crippen molar-refractivity contribution in [2.24, 2.45) is 0 Å². The summed E-state index contributed by atoms with van der Waals surface area (Å²) in [4.78, 5) is 0. The molecule has 22 heavy (non-hydrogen) atoms. The molecule has 1 aliphatic heterocycles. The largest absolute Gasteiger partial charge is 0.492 e. The molecule has 0 bridgehead atoms. The van der Waals surface area contributed by atoms with Crippen LogP contribution in [0.5, 0.6) is 5.75 Å². The topological polar surface area (TPSA) is 9.23 Å². The molecule has 1 aromatic rings. The van der Waals surface area contributed by atoms with E-state index in [1.54, 1.807) is 6.92 Å². The van der Waals surface area contributed by atoms with Gasteiger partial charge in [-0.3, -0.25) is 0 Å². The lowest BCUT2D eigenvalue weighted by Crippen LogP contribution is -2.15. The summed E-state index contributed by atoms with van der Waals surface area (Å²) in [6.45, 7) is 8.93. The van der Waals surface area contributed by atoms with Crippen LogP contribution in [0.3, 0.4) is 0 Å². The molecule has 0 fully saturated rings. The zero-order chi connectivity index (χ0) is 16.2. The van der Waals surface area contributed by atoms with Gasteiger partial charge < -0.3 is 4.74 Å². The molecule has 0 N–H and O–H groups in total. The predicted octanol–water partition coefficient (Wildman–Crippen LogP) is 3.28. The molecule has 1 aromatic carbocycles. The first-order valence-electron chi connectivity index (χ1n) is 7.21. The summed E-state index contributed by atoms with van der Waals surface area (Å²) in [6.07, 6.45) is 6.20. The van der Waals surface area contributed by atoms with Crippen molar-refractivity contribution in [1.82, 2.24) is 0 Å². The van der Waals surface area contributed by atoms with Gasteiger partial charge in [0, 0.05) is 12.0 Å². The Labute approximate surface area is 133 Å². The Morgan fingerprint density at radius 2 is 1.82 bits per heavy atom. The quantitative estimate of drug-likeness (QED) is 0.665. The summed E-state index contributed by atoms with van der Waals surface area (Å²) in [5.74, 6) is 20.5. The second-order valence-corrected chi connectivity index (χ2v) is 6.03. The summed E-state index contributed by atoms with van der Waals surface area (Å²) in [5.41, 5.74) is 3.95. The van der Waals surface area contributed by atoms with E-state index < -0.39 is 0 Å². The third-order valence-electron chi connectivity index (χ3n) is 3.42. The van der Waals surface area contributed by atoms with Crippen LogP contribution in [0.15, 0.2) is 6.07 Å². The fraction of sp³-hybridized carbons (Fsp3) is 0.333. The van der Waals surface area contributed by atoms with Crippen molar-refractivity contribution in [3.63, 3.8) is 0 Å². The van der Waals surface area contributed by atoms with Crippen molar-refractivity contribution in [3.05, 3.63) is 28.3 Å². The summed E-state index contributed by atoms with van der Waals surface area (Å²) in [6, 6.07) is 2.18. The highest BCUT2D eigenvalue weighted by atomic mass is 16.5. The van der Waals surface area contributed by atoms with E-state index in [9.17, 15) is 0 Å². The minimum atomic E-state index is -0.0525. The van der Waals surface area contributed by atoms with Crippen LogP contribution in [0, 0.1) is 47.9 Å². The third-order valence-corrected chi connectivity index (χ3v) is 3.42. The van der Waals surface area contributed by atoms with E-state index in [2.05, 4.69) is 68.3 Å². The Morgan fingerprint density at radius 3 is 2.45 bits per heavy atom. The predicted molar refractivity (Wildman–Crippen MR) is 90.4 cm³/mol. The molecule has 0 aliphatic carbocycles. The Bertz CT molecular complexity index is 823. The van der Waals surface area contributed by atoms with E-state index in [1.165, 1.54) is 5.56 Å². The van der Waals surface area contributed by atoms with Gasteiger partial charge >= 0.3 is 0 Å². The number of benzene rings is 1. The van der Waals surface area contributed by atoms with Crippen molar-refractivity contribution in [2.45, 2.75) is 39.5 Å². The number of ether oxygens (including phenoxy) is 1. The van der Waals surface area contributed by atoms with E-state index in [0.29, 0.717) is 6.61 Å². The molecule has 0 spiro atoms. The van der Waals surface area contributed by atoms with Crippen molar-refractivity contribution < 1.29 is 4.74 Å². The van der Waals surface area contributed by atoms with E-state index in [1.807, 2.05) is 0 Å². The second kappa shape index (κ2) is 6.35. The normalized spacial score (nSPS) is 11.4. The van der Waals surface area contributed by atoms with Crippen LogP contribution >= 0.6 is 0 Å². The molecule has 0 aromatic heterocycles. The summed E-state index contributed by atoms with van der Waals surface area (Å²) in [7, 11) is 0. The van der Waals surface area contributed by atoms with Gasteiger partial charge in [0.25, 0.3) is 0 Å². The molecular formula is C21H18O. The molecule has 0 unspecified atom stereocenters. The van der Waals surface area contributed by atoms with Crippen LogP contribution in [0.25, 0.3) is 0 Å². The van der Waals surface area contributed by atoms with Gasteiger partial charge in [-0.05, 0) is 53.1 Å². The molecule has 108 valence electrons. The van der Waals surface area contributed by atoms with Gasteiger partial charge in [0.15, 0.2) is 0 Å². The molecule has 2 rings (SSSR count). The van der Waals surface area contributed by atoms with Crippen LogP contribution in [0.1, 0.15) is 49.9 Å². The molecule has 0 amide bonds. The number of hydrogen-bond donors (Lipinski definition) is 0. The van der Waals surface area contributed by atoms with Gasteiger partial charge in [0.2, 0.25) is 0 Å². The Morgan fingerprint density at radius 1 is 1.09 bits per heavy atom. The zero-order valence-corrected chi connectivity index (χ0v) is 13.5. The lowest BCUT2D eigenvalue weighted by molar-refractivity contribution is 0.356. The SMILES string of the molecule is C#CC#Cc1c(C(C)(C)C)cc2c(c1C#CC#CC)OCC2. The van der Waals surface area contributed by atoms with Crippen molar-refractivity contribution in [3.8, 4) is 53.6 Å². The van der Waals surface area contributed by atoms with E-state index in [0.717, 1.165) is 28.9 Å². The van der Waals surface area contributed by atoms with E-state index >= 15 is 0 Å². The first-order chi connectivity index (χ1) is 10.5. The first-order valence-corrected chi connectivity index (χ1v) is 7.21. The summed E-state index contributed by atoms with van der Waals surface area (Å²) < 4.78 is 5.78. The molecule has 0 saturated heterocycles. The molecule has 1 heteroatoms. The van der Waals surface area contributed by atoms with E-state index in [4.69, 9.17) is 11.2 Å². The summed E-state index contributed by atoms with van der Waals surface area (Å²) in [5, 5.41) is 0. The lowest BCUT2D eigenvalue weighted by atomic mass is 9.80. The number of terminal acetylenes is 1. The van der Waals surface area contributed by atoms with Crippen molar-refractivity contribution in [2.75, 3.05) is 6.61 Å². The van der Waals surface area contributed by atoms with Gasteiger partial charge in [0.1, 0.15) is 5.75 Å². The molecule has 1 heterocycles. The highest BCUT2D eigenvalue weighted by Crippen LogP contribution is 2.38. The van der Waals surface area contributed by atoms with Crippen LogP contribution in [-0.2, 0) is 11.8 Å². The Kier molecular flexibility index (Phi) is 4.52. The van der Waals surface area contributed by atoms with Crippen molar-refractivity contribution >= 4 is 0 Å². The van der Waals surface area contributed by atoms with Crippen LogP contribution in [0.4, 0.5) is 0 Å². The van der Waals surface area contributed by atoms with Gasteiger partial charge in [0.05, 0.1) is 12.2 Å². The average Bonchev–Trinajstić information content (AvgIpc) is 2.92. The van der Waals surface area contributed by atoms with Crippen molar-refractivity contribution in [1.29, 1.82) is 0 Å². The molecule has 0 saturated carbocycles. The van der Waals surface area contributed by atoms with Gasteiger partial charge in [-0.25, -0.2) is 0 Å². The maximum atomic E-state index is 5.78. The lowest BCUT2D eigenvalue weighted by Gasteiger charge is -2.23. The highest BCUT2D eigenvalue weighted by molar-refractivity contribution is 5.67. The minimum absolute atomic E-state index is 0.0525. The highest BCUT2D eigenvalue weighted by Gasteiger charge is 2.26. The fourth-order valence-electron chi connectivity index (χ4n) is 2.43. The molecular weight excluding hydrogens is 268 g/mol. The number of rotatable bonds is 0. The standard InChI is InChI=1S/C21H18O/c1-6-8-10-12-18-17(11-9-7-2)19(21(3,4)5)15-16-13-14-22-20(16)18/h2,15H,13-14H2,1,3-5H3. The maximum absolute atomic E-state index is 5.78. The molecule has 1 aliphatic rings. The van der Waals surface area contributed by atoms with Gasteiger partial charge in [-0.1, -0.05) is 38.7 Å². The molecule has 0 radical (unpaired) electrons. The third kappa shape index (κ3) is 3.12. The van der Waals surface area contributed by atoms with Gasteiger partial charge in [-0.15, -0.1) is 6.42 Å². The molecule has 1 nitrogen and oxygen atoms in total. The first kappa shape index (κ1) is 15.6. The zero-order valence-electron chi connectivity index (χ0n) is 13.5.